The fourth-order valence-electron chi connectivity index (χ4n) is 3.33. The standard InChI is InChI=1S/C19H26FN5O/c1-2-11-24(12-8-15-4-3-5-16(20)13-15)19(26)18-14-25(23-22-18)17-6-9-21-10-7-17/h3-5,13-14,17,21H,2,6-12H2,1H3. The Morgan fingerprint density at radius 2 is 2.15 bits per heavy atom. The van der Waals surface area contributed by atoms with Crippen LogP contribution in [0.4, 0.5) is 4.39 Å². The molecule has 2 heterocycles. The van der Waals surface area contributed by atoms with Gasteiger partial charge in [-0.25, -0.2) is 9.07 Å². The monoisotopic (exact) mass is 359 g/mol. The largest absolute Gasteiger partial charge is 0.337 e. The van der Waals surface area contributed by atoms with Gasteiger partial charge in [0.2, 0.25) is 0 Å². The Morgan fingerprint density at radius 1 is 1.35 bits per heavy atom. The van der Waals surface area contributed by atoms with Gasteiger partial charge in [0.05, 0.1) is 12.2 Å². The summed E-state index contributed by atoms with van der Waals surface area (Å²) in [4.78, 5) is 14.6. The predicted molar refractivity (Wildman–Crippen MR) is 97.5 cm³/mol. The third-order valence-corrected chi connectivity index (χ3v) is 4.75. The number of carbonyl (C=O) groups excluding carboxylic acids is 1. The van der Waals surface area contributed by atoms with E-state index in [9.17, 15) is 9.18 Å². The molecule has 0 unspecified atom stereocenters. The minimum Gasteiger partial charge on any atom is -0.337 e. The zero-order valence-electron chi connectivity index (χ0n) is 15.2. The van der Waals surface area contributed by atoms with Crippen molar-refractivity contribution in [2.24, 2.45) is 0 Å². The Labute approximate surface area is 153 Å². The quantitative estimate of drug-likeness (QED) is 0.825. The minimum absolute atomic E-state index is 0.108. The summed E-state index contributed by atoms with van der Waals surface area (Å²) in [5.74, 6) is -0.357. The molecule has 1 aliphatic heterocycles. The van der Waals surface area contributed by atoms with Gasteiger partial charge in [-0.2, -0.15) is 0 Å². The highest BCUT2D eigenvalue weighted by Crippen LogP contribution is 2.17. The topological polar surface area (TPSA) is 63.1 Å². The highest BCUT2D eigenvalue weighted by molar-refractivity contribution is 5.91. The van der Waals surface area contributed by atoms with Crippen LogP contribution < -0.4 is 5.32 Å². The van der Waals surface area contributed by atoms with Gasteiger partial charge < -0.3 is 10.2 Å². The molecule has 1 aliphatic rings. The van der Waals surface area contributed by atoms with E-state index in [1.54, 1.807) is 17.2 Å². The van der Waals surface area contributed by atoms with Crippen molar-refractivity contribution in [3.63, 3.8) is 0 Å². The lowest BCUT2D eigenvalue weighted by Gasteiger charge is -2.22. The van der Waals surface area contributed by atoms with Crippen LogP contribution >= 0.6 is 0 Å². The van der Waals surface area contributed by atoms with Gasteiger partial charge in [0.1, 0.15) is 5.82 Å². The van der Waals surface area contributed by atoms with Gasteiger partial charge >= 0.3 is 0 Å². The molecule has 0 atom stereocenters. The van der Waals surface area contributed by atoms with Gasteiger partial charge in [0, 0.05) is 13.1 Å². The van der Waals surface area contributed by atoms with Crippen molar-refractivity contribution in [1.82, 2.24) is 25.2 Å². The number of rotatable bonds is 7. The molecule has 0 saturated carbocycles. The van der Waals surface area contributed by atoms with Gasteiger partial charge in [0.25, 0.3) is 5.91 Å². The Morgan fingerprint density at radius 3 is 2.88 bits per heavy atom. The van der Waals surface area contributed by atoms with Gasteiger partial charge in [0.15, 0.2) is 5.69 Å². The van der Waals surface area contributed by atoms with Crippen molar-refractivity contribution in [2.45, 2.75) is 38.6 Å². The van der Waals surface area contributed by atoms with E-state index in [-0.39, 0.29) is 11.7 Å². The number of hydrogen-bond donors (Lipinski definition) is 1. The molecule has 6 nitrogen and oxygen atoms in total. The molecule has 0 spiro atoms. The second-order valence-electron chi connectivity index (χ2n) is 6.74. The van der Waals surface area contributed by atoms with Gasteiger partial charge in [-0.05, 0) is 56.5 Å². The van der Waals surface area contributed by atoms with Crippen LogP contribution in [-0.2, 0) is 6.42 Å². The first kappa shape index (κ1) is 18.5. The molecule has 2 aromatic rings. The maximum Gasteiger partial charge on any atom is 0.276 e. The lowest BCUT2D eigenvalue weighted by atomic mass is 10.1. The second-order valence-corrected chi connectivity index (χ2v) is 6.74. The van der Waals surface area contributed by atoms with Crippen molar-refractivity contribution >= 4 is 5.91 Å². The SMILES string of the molecule is CCCN(CCc1cccc(F)c1)C(=O)c1cn(C2CCNCC2)nn1. The van der Waals surface area contributed by atoms with Crippen molar-refractivity contribution in [3.8, 4) is 0 Å². The highest BCUT2D eigenvalue weighted by atomic mass is 19.1. The average Bonchev–Trinajstić information content (AvgIpc) is 3.15. The second kappa shape index (κ2) is 8.89. The van der Waals surface area contributed by atoms with Crippen LogP contribution in [0.2, 0.25) is 0 Å². The van der Waals surface area contributed by atoms with Crippen molar-refractivity contribution < 1.29 is 9.18 Å². The maximum atomic E-state index is 13.3. The normalized spacial score (nSPS) is 15.2. The van der Waals surface area contributed by atoms with Crippen LogP contribution in [0.15, 0.2) is 30.5 Å². The zero-order valence-corrected chi connectivity index (χ0v) is 15.2. The molecule has 3 rings (SSSR count). The molecule has 140 valence electrons. The molecule has 1 saturated heterocycles. The van der Waals surface area contributed by atoms with Crippen molar-refractivity contribution in [3.05, 3.63) is 47.5 Å². The Hall–Kier alpha value is -2.28. The van der Waals surface area contributed by atoms with Crippen LogP contribution in [-0.4, -0.2) is 52.0 Å². The van der Waals surface area contributed by atoms with E-state index in [0.717, 1.165) is 37.9 Å². The third-order valence-electron chi connectivity index (χ3n) is 4.75. The van der Waals surface area contributed by atoms with E-state index in [4.69, 9.17) is 0 Å². The first-order valence-corrected chi connectivity index (χ1v) is 9.33. The summed E-state index contributed by atoms with van der Waals surface area (Å²) in [7, 11) is 0. The summed E-state index contributed by atoms with van der Waals surface area (Å²) >= 11 is 0. The predicted octanol–water partition coefficient (Wildman–Crippen LogP) is 2.44. The molecule has 1 aromatic heterocycles. The van der Waals surface area contributed by atoms with Gasteiger partial charge in [-0.3, -0.25) is 4.79 Å². The van der Waals surface area contributed by atoms with E-state index < -0.39 is 0 Å². The summed E-state index contributed by atoms with van der Waals surface area (Å²) in [6, 6.07) is 6.82. The molecule has 1 fully saturated rings. The Balaban J connectivity index is 1.65. The number of nitrogens with zero attached hydrogens (tertiary/aromatic N) is 4. The Bertz CT molecular complexity index is 726. The fraction of sp³-hybridized carbons (Fsp3) is 0.526. The summed E-state index contributed by atoms with van der Waals surface area (Å²) in [6.45, 7) is 5.14. The number of nitrogens with one attached hydrogen (secondary N) is 1. The van der Waals surface area contributed by atoms with E-state index in [0.29, 0.717) is 31.2 Å². The van der Waals surface area contributed by atoms with Crippen molar-refractivity contribution in [2.75, 3.05) is 26.2 Å². The van der Waals surface area contributed by atoms with Crippen LogP contribution in [0.25, 0.3) is 0 Å². The van der Waals surface area contributed by atoms with Crippen LogP contribution in [0, 0.1) is 5.82 Å². The van der Waals surface area contributed by atoms with E-state index >= 15 is 0 Å². The van der Waals surface area contributed by atoms with Crippen LogP contribution in [0.1, 0.15) is 48.3 Å². The molecule has 26 heavy (non-hydrogen) atoms. The molecular weight excluding hydrogens is 333 g/mol. The van der Waals surface area contributed by atoms with E-state index in [1.165, 1.54) is 12.1 Å². The van der Waals surface area contributed by atoms with Crippen molar-refractivity contribution in [1.29, 1.82) is 0 Å². The molecule has 0 bridgehead atoms. The van der Waals surface area contributed by atoms with Gasteiger partial charge in [-0.15, -0.1) is 5.10 Å². The molecular formula is C19H26FN5O. The smallest absolute Gasteiger partial charge is 0.276 e. The molecule has 1 N–H and O–H groups in total. The third kappa shape index (κ3) is 4.66. The number of halogens is 1. The number of hydrogen-bond acceptors (Lipinski definition) is 4. The minimum atomic E-state index is -0.249. The molecule has 1 aromatic carbocycles. The lowest BCUT2D eigenvalue weighted by Crippen LogP contribution is -2.34. The molecule has 0 aliphatic carbocycles. The number of benzene rings is 1. The van der Waals surface area contributed by atoms with Crippen LogP contribution in [0.3, 0.4) is 0 Å². The van der Waals surface area contributed by atoms with E-state index in [1.807, 2.05) is 17.7 Å². The van der Waals surface area contributed by atoms with E-state index in [2.05, 4.69) is 15.6 Å². The summed E-state index contributed by atoms with van der Waals surface area (Å²) in [5.41, 5.74) is 1.27. The fourth-order valence-corrected chi connectivity index (χ4v) is 3.33. The Kier molecular flexibility index (Phi) is 6.33. The summed E-state index contributed by atoms with van der Waals surface area (Å²) in [5, 5.41) is 11.6. The summed E-state index contributed by atoms with van der Waals surface area (Å²) < 4.78 is 15.2. The number of piperidine rings is 1. The molecule has 7 heteroatoms. The van der Waals surface area contributed by atoms with Crippen LogP contribution in [0.5, 0.6) is 0 Å². The maximum absolute atomic E-state index is 13.3. The zero-order chi connectivity index (χ0) is 18.4. The lowest BCUT2D eigenvalue weighted by molar-refractivity contribution is 0.0751. The molecule has 0 radical (unpaired) electrons. The highest BCUT2D eigenvalue weighted by Gasteiger charge is 2.22. The van der Waals surface area contributed by atoms with Gasteiger partial charge in [-0.1, -0.05) is 24.3 Å². The first-order chi connectivity index (χ1) is 12.7. The molecule has 1 amide bonds. The first-order valence-electron chi connectivity index (χ1n) is 9.33. The number of carbonyl (C=O) groups is 1. The average molecular weight is 359 g/mol. The number of amides is 1. The number of aromatic nitrogens is 3. The summed E-state index contributed by atoms with van der Waals surface area (Å²) in [6.07, 6.45) is 5.23.